The number of Topliss-reactive ketones (excluding diaryl/α,β-unsaturated/α-hetero) is 1. The molecule has 0 amide bonds. The third kappa shape index (κ3) is 8.29. The number of nitrogens with zero attached hydrogens (tertiary/aromatic N) is 4. The maximum atomic E-state index is 13.6. The number of ketones is 1. The smallest absolute Gasteiger partial charge is 0.643 e. The normalized spacial score (nSPS) is 14.9. The molecule has 1 unspecified atom stereocenters. The van der Waals surface area contributed by atoms with Crippen molar-refractivity contribution >= 4 is 34.7 Å². The largest absolute Gasteiger partial charge is 1.00 e. The van der Waals surface area contributed by atoms with Crippen molar-refractivity contribution < 1.29 is 70.5 Å². The first-order valence-electron chi connectivity index (χ1n) is 10.5. The first-order chi connectivity index (χ1) is 15.9. The molecule has 1 aliphatic heterocycles. The van der Waals surface area contributed by atoms with E-state index in [1.807, 2.05) is 6.07 Å². The van der Waals surface area contributed by atoms with Crippen molar-refractivity contribution in [3.05, 3.63) is 70.0 Å². The molecule has 1 N–H and O–H groups in total. The molecule has 2 aromatic heterocycles. The van der Waals surface area contributed by atoms with Crippen LogP contribution in [-0.2, 0) is 17.9 Å². The zero-order chi connectivity index (χ0) is 24.4. The summed E-state index contributed by atoms with van der Waals surface area (Å²) in [6.45, 7) is 3.21. The molecule has 10 heteroatoms. The van der Waals surface area contributed by atoms with Crippen LogP contribution in [0.5, 0.6) is 0 Å². The summed E-state index contributed by atoms with van der Waals surface area (Å²) in [6, 6.07) is 8.66. The van der Waals surface area contributed by atoms with Crippen molar-refractivity contribution in [3.63, 3.8) is 0 Å². The van der Waals surface area contributed by atoms with Crippen LogP contribution in [0.3, 0.4) is 0 Å². The number of fused-ring (bicyclic) bond motifs is 1. The fourth-order valence-corrected chi connectivity index (χ4v) is 3.81. The standard InChI is InChI=1S/C12H15ClFN2.C11H10N2O2.CH4O.K/c1-16-7-3-6-11(16)15-8-9-4-2-5-10(13)12(9)14;1-8(15)10-7-13(5-6-14)11-9(10)3-2-4-12-11;1-2;/h2,4-5,11H,3,6-8H2,1H3;2-4,6-7H,5H2,1H3;2H,1H3;/q-1;;;+1. The monoisotopic (exact) mass is 514 g/mol. The van der Waals surface area contributed by atoms with Gasteiger partial charge in [-0.15, -0.1) is 6.54 Å². The number of carbonyl (C=O) groups excluding carboxylic acids is 2. The van der Waals surface area contributed by atoms with Crippen molar-refractivity contribution in [2.24, 2.45) is 0 Å². The number of hydrogen-bond donors (Lipinski definition) is 1. The first-order valence-corrected chi connectivity index (χ1v) is 10.9. The van der Waals surface area contributed by atoms with E-state index in [1.54, 1.807) is 41.2 Å². The maximum absolute atomic E-state index is 13.6. The van der Waals surface area contributed by atoms with Crippen LogP contribution in [0.4, 0.5) is 4.39 Å². The van der Waals surface area contributed by atoms with Gasteiger partial charge in [-0.25, -0.2) is 9.37 Å². The van der Waals surface area contributed by atoms with Crippen LogP contribution in [0, 0.1) is 5.82 Å². The number of aliphatic hydroxyl groups excluding tert-OH is 1. The molecule has 1 aromatic carbocycles. The molecule has 3 heterocycles. The van der Waals surface area contributed by atoms with Gasteiger partial charge in [-0.3, -0.25) is 4.79 Å². The van der Waals surface area contributed by atoms with E-state index < -0.39 is 0 Å². The molecule has 34 heavy (non-hydrogen) atoms. The Kier molecular flexibility index (Phi) is 14.5. The van der Waals surface area contributed by atoms with Gasteiger partial charge in [0.2, 0.25) is 0 Å². The number of aldehydes is 1. The second-order valence-electron chi connectivity index (χ2n) is 7.45. The van der Waals surface area contributed by atoms with Crippen LogP contribution >= 0.6 is 11.6 Å². The molecule has 7 nitrogen and oxygen atoms in total. The number of hydrogen-bond acceptors (Lipinski definition) is 5. The number of halogens is 2. The third-order valence-corrected chi connectivity index (χ3v) is 5.56. The van der Waals surface area contributed by atoms with Gasteiger partial charge >= 0.3 is 51.4 Å². The van der Waals surface area contributed by atoms with Gasteiger partial charge in [0.25, 0.3) is 0 Å². The van der Waals surface area contributed by atoms with Crippen molar-refractivity contribution in [3.8, 4) is 0 Å². The van der Waals surface area contributed by atoms with Crippen LogP contribution < -0.4 is 51.4 Å². The molecule has 3 aromatic rings. The van der Waals surface area contributed by atoms with Gasteiger partial charge < -0.3 is 24.7 Å². The molecule has 0 spiro atoms. The fourth-order valence-electron chi connectivity index (χ4n) is 3.62. The second kappa shape index (κ2) is 15.9. The predicted octanol–water partition coefficient (Wildman–Crippen LogP) is 1.45. The average molecular weight is 515 g/mol. The summed E-state index contributed by atoms with van der Waals surface area (Å²) in [5.74, 6) is -0.355. The molecule has 0 aliphatic carbocycles. The van der Waals surface area contributed by atoms with Gasteiger partial charge in [-0.1, -0.05) is 36.3 Å². The quantitative estimate of drug-likeness (QED) is 0.305. The third-order valence-electron chi connectivity index (χ3n) is 5.27. The van der Waals surface area contributed by atoms with E-state index in [0.717, 1.165) is 31.7 Å². The maximum Gasteiger partial charge on any atom is 1.00 e. The Balaban J connectivity index is 0.000000309. The Morgan fingerprint density at radius 1 is 1.32 bits per heavy atom. The minimum atomic E-state index is -0.339. The van der Waals surface area contributed by atoms with Crippen molar-refractivity contribution in [1.29, 1.82) is 0 Å². The molecule has 178 valence electrons. The number of rotatable bonds is 6. The average Bonchev–Trinajstić information content (AvgIpc) is 3.40. The van der Waals surface area contributed by atoms with E-state index >= 15 is 0 Å². The summed E-state index contributed by atoms with van der Waals surface area (Å²) in [5.41, 5.74) is 1.86. The van der Waals surface area contributed by atoms with Gasteiger partial charge in [0, 0.05) is 30.5 Å². The summed E-state index contributed by atoms with van der Waals surface area (Å²) >= 11 is 5.71. The molecule has 0 radical (unpaired) electrons. The summed E-state index contributed by atoms with van der Waals surface area (Å²) in [6.07, 6.45) is 6.58. The number of pyridine rings is 1. The number of benzene rings is 1. The summed E-state index contributed by atoms with van der Waals surface area (Å²) in [5, 5.41) is 12.5. The van der Waals surface area contributed by atoms with Crippen molar-refractivity contribution in [1.82, 2.24) is 14.5 Å². The Morgan fingerprint density at radius 3 is 2.68 bits per heavy atom. The zero-order valence-electron chi connectivity index (χ0n) is 20.0. The van der Waals surface area contributed by atoms with Gasteiger partial charge in [-0.2, -0.15) is 0 Å². The topological polar surface area (TPSA) is 89.5 Å². The van der Waals surface area contributed by atoms with Crippen molar-refractivity contribution in [2.45, 2.75) is 39.0 Å². The van der Waals surface area contributed by atoms with E-state index in [9.17, 15) is 14.0 Å². The molecule has 0 saturated carbocycles. The number of carbonyl (C=O) groups is 2. The minimum absolute atomic E-state index is 0. The number of likely N-dealkylation sites (tertiary alicyclic amines) is 1. The van der Waals surface area contributed by atoms with Crippen LogP contribution in [-0.4, -0.2) is 58.5 Å². The molecule has 4 rings (SSSR count). The fraction of sp³-hybridized carbons (Fsp3) is 0.375. The predicted molar refractivity (Wildman–Crippen MR) is 128 cm³/mol. The molecule has 1 aliphatic rings. The molecule has 1 atom stereocenters. The van der Waals surface area contributed by atoms with E-state index in [4.69, 9.17) is 16.7 Å². The summed E-state index contributed by atoms with van der Waals surface area (Å²) in [4.78, 5) is 28.2. The van der Waals surface area contributed by atoms with Gasteiger partial charge in [0.05, 0.1) is 11.6 Å². The Hall–Kier alpha value is -1.01. The molecule has 1 fully saturated rings. The van der Waals surface area contributed by atoms with E-state index in [1.165, 1.54) is 13.3 Å². The van der Waals surface area contributed by atoms with Gasteiger partial charge in [-0.05, 0) is 50.7 Å². The Labute approximate surface area is 247 Å². The van der Waals surface area contributed by atoms with Crippen LogP contribution in [0.1, 0.15) is 35.7 Å². The van der Waals surface area contributed by atoms with Gasteiger partial charge in [0.15, 0.2) is 5.78 Å². The Bertz CT molecular complexity index is 1080. The molecular formula is C24H29ClFKN4O3. The first kappa shape index (κ1) is 31.0. The molecule has 0 bridgehead atoms. The van der Waals surface area contributed by atoms with Crippen LogP contribution in [0.15, 0.2) is 42.7 Å². The SMILES string of the molecule is CC(=O)c1cn(CC=O)c2ncccc12.CN1CCCC1[N-]Cc1cccc(Cl)c1F.CO.[K+]. The van der Waals surface area contributed by atoms with E-state index in [2.05, 4.69) is 22.2 Å². The van der Waals surface area contributed by atoms with Crippen LogP contribution in [0.25, 0.3) is 16.4 Å². The van der Waals surface area contributed by atoms with E-state index in [-0.39, 0.29) is 80.7 Å². The van der Waals surface area contributed by atoms with E-state index in [0.29, 0.717) is 23.3 Å². The summed E-state index contributed by atoms with van der Waals surface area (Å²) in [7, 11) is 3.05. The zero-order valence-corrected chi connectivity index (χ0v) is 23.9. The number of aromatic nitrogens is 2. The molecular weight excluding hydrogens is 486 g/mol. The Morgan fingerprint density at radius 2 is 2.06 bits per heavy atom. The summed E-state index contributed by atoms with van der Waals surface area (Å²) < 4.78 is 15.2. The molecule has 1 saturated heterocycles. The minimum Gasteiger partial charge on any atom is -0.643 e. The second-order valence-corrected chi connectivity index (χ2v) is 7.86. The van der Waals surface area contributed by atoms with Gasteiger partial charge in [0.1, 0.15) is 17.8 Å². The van der Waals surface area contributed by atoms with Crippen molar-refractivity contribution in [2.75, 3.05) is 20.7 Å². The number of aliphatic hydroxyl groups is 1. The van der Waals surface area contributed by atoms with Crippen LogP contribution in [0.2, 0.25) is 5.02 Å².